The van der Waals surface area contributed by atoms with Crippen LogP contribution in [0.2, 0.25) is 0 Å². The predicted octanol–water partition coefficient (Wildman–Crippen LogP) is 3.09. The van der Waals surface area contributed by atoms with Crippen LogP contribution >= 0.6 is 0 Å². The van der Waals surface area contributed by atoms with Gasteiger partial charge in [0.05, 0.1) is 6.10 Å². The molecular weight excluding hydrogens is 191 g/mol. The lowest BCUT2D eigenvalue weighted by atomic mass is 10.0. The van der Waals surface area contributed by atoms with E-state index in [2.05, 4.69) is 6.58 Å². The van der Waals surface area contributed by atoms with Crippen molar-refractivity contribution >= 4 is 0 Å². The second-order valence-corrected chi connectivity index (χ2v) is 3.95. The van der Waals surface area contributed by atoms with E-state index in [4.69, 9.17) is 0 Å². The monoisotopic (exact) mass is 208 g/mol. The summed E-state index contributed by atoms with van der Waals surface area (Å²) < 4.78 is 13.2. The lowest BCUT2D eigenvalue weighted by molar-refractivity contribution is 0.164. The zero-order chi connectivity index (χ0) is 11.3. The first-order valence-electron chi connectivity index (χ1n) is 5.15. The molecule has 0 aromatic heterocycles. The van der Waals surface area contributed by atoms with Crippen LogP contribution in [0, 0.1) is 5.82 Å². The number of hydrogen-bond donors (Lipinski definition) is 1. The summed E-state index contributed by atoms with van der Waals surface area (Å²) >= 11 is 0. The number of halogens is 1. The highest BCUT2D eigenvalue weighted by Crippen LogP contribution is 2.13. The Morgan fingerprint density at radius 1 is 1.47 bits per heavy atom. The van der Waals surface area contributed by atoms with Crippen LogP contribution in [0.5, 0.6) is 0 Å². The Bertz CT molecular complexity index is 333. The summed E-state index contributed by atoms with van der Waals surface area (Å²) in [6.45, 7) is 5.69. The fourth-order valence-corrected chi connectivity index (χ4v) is 1.43. The molecule has 1 rings (SSSR count). The Morgan fingerprint density at radius 3 is 2.73 bits per heavy atom. The van der Waals surface area contributed by atoms with E-state index in [9.17, 15) is 9.50 Å². The zero-order valence-electron chi connectivity index (χ0n) is 9.04. The van der Waals surface area contributed by atoms with Gasteiger partial charge < -0.3 is 5.11 Å². The molecule has 0 amide bonds. The van der Waals surface area contributed by atoms with Crippen LogP contribution in [-0.4, -0.2) is 11.2 Å². The molecule has 0 heterocycles. The summed E-state index contributed by atoms with van der Waals surface area (Å²) in [7, 11) is 0. The quantitative estimate of drug-likeness (QED) is 0.737. The van der Waals surface area contributed by atoms with E-state index in [-0.39, 0.29) is 5.82 Å². The van der Waals surface area contributed by atoms with Gasteiger partial charge in [-0.3, -0.25) is 0 Å². The van der Waals surface area contributed by atoms with Crippen LogP contribution in [0.1, 0.15) is 25.3 Å². The second-order valence-electron chi connectivity index (χ2n) is 3.95. The fraction of sp³-hybridized carbons (Fsp3) is 0.385. The third-order valence-corrected chi connectivity index (χ3v) is 2.32. The van der Waals surface area contributed by atoms with Crippen LogP contribution in [0.3, 0.4) is 0 Å². The van der Waals surface area contributed by atoms with Crippen molar-refractivity contribution in [2.24, 2.45) is 0 Å². The molecular formula is C13H17FO. The molecule has 0 saturated carbocycles. The minimum atomic E-state index is -0.487. The number of allylic oxidation sites excluding steroid dienone is 1. The number of hydrogen-bond acceptors (Lipinski definition) is 1. The predicted molar refractivity (Wildman–Crippen MR) is 60.2 cm³/mol. The summed E-state index contributed by atoms with van der Waals surface area (Å²) in [4.78, 5) is 0. The summed E-state index contributed by atoms with van der Waals surface area (Å²) in [5, 5.41) is 9.67. The molecule has 0 saturated heterocycles. The maximum Gasteiger partial charge on any atom is 0.126 e. The molecule has 82 valence electrons. The third-order valence-electron chi connectivity index (χ3n) is 2.32. The Labute approximate surface area is 90.3 Å². The number of rotatable bonds is 5. The zero-order valence-corrected chi connectivity index (χ0v) is 9.04. The molecule has 15 heavy (non-hydrogen) atoms. The molecule has 0 fully saturated rings. The molecule has 0 radical (unpaired) electrons. The van der Waals surface area contributed by atoms with E-state index in [1.54, 1.807) is 18.2 Å². The van der Waals surface area contributed by atoms with Crippen molar-refractivity contribution in [3.8, 4) is 0 Å². The standard InChI is InChI=1S/C13H17FO/c1-10(2)7-8-12(15)9-11-5-3-4-6-13(11)14/h3-6,12,15H,1,7-9H2,2H3. The third kappa shape index (κ3) is 4.26. The Hall–Kier alpha value is -1.15. The van der Waals surface area contributed by atoms with Gasteiger partial charge in [-0.15, -0.1) is 6.58 Å². The van der Waals surface area contributed by atoms with Gasteiger partial charge in [-0.05, 0) is 31.4 Å². The summed E-state index contributed by atoms with van der Waals surface area (Å²) in [5.41, 5.74) is 1.62. The van der Waals surface area contributed by atoms with Gasteiger partial charge in [0, 0.05) is 6.42 Å². The first kappa shape index (κ1) is 11.9. The van der Waals surface area contributed by atoms with Crippen LogP contribution in [0.4, 0.5) is 4.39 Å². The van der Waals surface area contributed by atoms with Crippen LogP contribution in [0.15, 0.2) is 36.4 Å². The number of aliphatic hydroxyl groups excluding tert-OH is 1. The van der Waals surface area contributed by atoms with Crippen LogP contribution in [-0.2, 0) is 6.42 Å². The van der Waals surface area contributed by atoms with E-state index >= 15 is 0 Å². The lowest BCUT2D eigenvalue weighted by Gasteiger charge is -2.10. The van der Waals surface area contributed by atoms with E-state index in [1.165, 1.54) is 6.07 Å². The summed E-state index contributed by atoms with van der Waals surface area (Å²) in [5.74, 6) is -0.244. The van der Waals surface area contributed by atoms with Crippen molar-refractivity contribution in [3.05, 3.63) is 47.8 Å². The lowest BCUT2D eigenvalue weighted by Crippen LogP contribution is -2.11. The Kier molecular flexibility index (Phi) is 4.50. The van der Waals surface area contributed by atoms with Gasteiger partial charge >= 0.3 is 0 Å². The van der Waals surface area contributed by atoms with Gasteiger partial charge in [-0.2, -0.15) is 0 Å². The maximum absolute atomic E-state index is 13.2. The first-order chi connectivity index (χ1) is 7.09. The van der Waals surface area contributed by atoms with E-state index in [1.807, 2.05) is 6.92 Å². The molecule has 0 bridgehead atoms. The van der Waals surface area contributed by atoms with Crippen molar-refractivity contribution in [1.29, 1.82) is 0 Å². The largest absolute Gasteiger partial charge is 0.393 e. The molecule has 1 nitrogen and oxygen atoms in total. The van der Waals surface area contributed by atoms with E-state index in [0.29, 0.717) is 18.4 Å². The fourth-order valence-electron chi connectivity index (χ4n) is 1.43. The normalized spacial score (nSPS) is 12.5. The van der Waals surface area contributed by atoms with Crippen molar-refractivity contribution < 1.29 is 9.50 Å². The topological polar surface area (TPSA) is 20.2 Å². The van der Waals surface area contributed by atoms with Gasteiger partial charge in [-0.1, -0.05) is 23.8 Å². The van der Waals surface area contributed by atoms with Crippen molar-refractivity contribution in [2.45, 2.75) is 32.3 Å². The van der Waals surface area contributed by atoms with Gasteiger partial charge in [0.2, 0.25) is 0 Å². The van der Waals surface area contributed by atoms with Gasteiger partial charge in [0.1, 0.15) is 5.82 Å². The molecule has 1 atom stereocenters. The highest BCUT2D eigenvalue weighted by molar-refractivity contribution is 5.18. The van der Waals surface area contributed by atoms with Crippen LogP contribution < -0.4 is 0 Å². The average Bonchev–Trinajstić information content (AvgIpc) is 2.18. The highest BCUT2D eigenvalue weighted by atomic mass is 19.1. The Morgan fingerprint density at radius 2 is 2.13 bits per heavy atom. The molecule has 1 N–H and O–H groups in total. The molecule has 1 unspecified atom stereocenters. The first-order valence-corrected chi connectivity index (χ1v) is 5.15. The second kappa shape index (κ2) is 5.66. The summed E-state index contributed by atoms with van der Waals surface area (Å²) in [6.07, 6.45) is 1.32. The van der Waals surface area contributed by atoms with E-state index in [0.717, 1.165) is 12.0 Å². The molecule has 0 spiro atoms. The molecule has 1 aromatic rings. The van der Waals surface area contributed by atoms with Crippen molar-refractivity contribution in [3.63, 3.8) is 0 Å². The van der Waals surface area contributed by atoms with Crippen molar-refractivity contribution in [2.75, 3.05) is 0 Å². The van der Waals surface area contributed by atoms with Gasteiger partial charge in [-0.25, -0.2) is 4.39 Å². The molecule has 1 aromatic carbocycles. The number of benzene rings is 1. The smallest absolute Gasteiger partial charge is 0.126 e. The van der Waals surface area contributed by atoms with E-state index < -0.39 is 6.10 Å². The highest BCUT2D eigenvalue weighted by Gasteiger charge is 2.08. The van der Waals surface area contributed by atoms with Gasteiger partial charge in [0.25, 0.3) is 0 Å². The van der Waals surface area contributed by atoms with Crippen molar-refractivity contribution in [1.82, 2.24) is 0 Å². The molecule has 0 aliphatic heterocycles. The minimum Gasteiger partial charge on any atom is -0.393 e. The minimum absolute atomic E-state index is 0.244. The van der Waals surface area contributed by atoms with Gasteiger partial charge in [0.15, 0.2) is 0 Å². The maximum atomic E-state index is 13.2. The molecule has 0 aliphatic carbocycles. The molecule has 2 heteroatoms. The Balaban J connectivity index is 2.47. The molecule has 0 aliphatic rings. The van der Waals surface area contributed by atoms with Crippen LogP contribution in [0.25, 0.3) is 0 Å². The number of aliphatic hydroxyl groups is 1. The summed E-state index contributed by atoms with van der Waals surface area (Å²) in [6, 6.07) is 6.56. The average molecular weight is 208 g/mol. The SMILES string of the molecule is C=C(C)CCC(O)Cc1ccccc1F.